The van der Waals surface area contributed by atoms with Crippen molar-refractivity contribution in [1.82, 2.24) is 0 Å². The maximum Gasteiger partial charge on any atom is 0.160 e. The van der Waals surface area contributed by atoms with Gasteiger partial charge in [0.25, 0.3) is 0 Å². The fourth-order valence-corrected chi connectivity index (χ4v) is 7.25. The first-order chi connectivity index (χ1) is 24.1. The van der Waals surface area contributed by atoms with Crippen molar-refractivity contribution in [2.24, 2.45) is 53.3 Å². The van der Waals surface area contributed by atoms with Crippen LogP contribution in [0.5, 0.6) is 0 Å². The summed E-state index contributed by atoms with van der Waals surface area (Å²) in [5.74, 6) is -0.221. The van der Waals surface area contributed by atoms with Crippen molar-refractivity contribution >= 4 is 0 Å². The molecular weight excluding hydrogens is 856 g/mol. The Morgan fingerprint density at radius 1 is 0.404 bits per heavy atom. The number of rotatable bonds is 15. The molecule has 3 fully saturated rings. The van der Waals surface area contributed by atoms with Crippen LogP contribution in [0.1, 0.15) is 34.6 Å². The molecule has 15 atom stereocenters. The summed E-state index contributed by atoms with van der Waals surface area (Å²) in [6.07, 6.45) is -1.73. The van der Waals surface area contributed by atoms with Gasteiger partial charge in [-0.15, -0.1) is 0 Å². The Bertz CT molecular complexity index is 693. The van der Waals surface area contributed by atoms with Crippen molar-refractivity contribution in [2.45, 2.75) is 71.8 Å². The van der Waals surface area contributed by atoms with E-state index in [0.717, 1.165) is 0 Å². The molecular formula is C36H75O15W-. The Labute approximate surface area is 328 Å². The minimum absolute atomic E-state index is 0. The number of hydrogen-bond acceptors (Lipinski definition) is 15. The quantitative estimate of drug-likeness (QED) is 0.127. The van der Waals surface area contributed by atoms with Crippen LogP contribution < -0.4 is 0 Å². The molecule has 0 aliphatic carbocycles. The van der Waals surface area contributed by atoms with Gasteiger partial charge >= 0.3 is 0 Å². The minimum Gasteiger partial charge on any atom is -0.396 e. The van der Waals surface area contributed by atoms with Gasteiger partial charge in [-0.1, -0.05) is 34.6 Å². The Morgan fingerprint density at radius 3 is 0.731 bits per heavy atom. The van der Waals surface area contributed by atoms with Crippen molar-refractivity contribution in [3.05, 3.63) is 7.43 Å². The van der Waals surface area contributed by atoms with Crippen molar-refractivity contribution < 1.29 is 94.3 Å². The molecule has 15 unspecified atom stereocenters. The Kier molecular flexibility index (Phi) is 34.9. The number of aliphatic hydroxyl groups is 6. The molecule has 0 amide bonds. The molecule has 316 valence electrons. The largest absolute Gasteiger partial charge is 0.396 e. The summed E-state index contributed by atoms with van der Waals surface area (Å²) in [5, 5.41) is 56.3. The molecule has 0 radical (unpaired) electrons. The Hall–Kier alpha value is 0.0883. The first-order valence-corrected chi connectivity index (χ1v) is 17.7. The van der Waals surface area contributed by atoms with E-state index in [0.29, 0.717) is 19.8 Å². The van der Waals surface area contributed by atoms with Crippen LogP contribution in [0.2, 0.25) is 0 Å². The van der Waals surface area contributed by atoms with E-state index in [9.17, 15) is 30.6 Å². The molecule has 0 aromatic rings. The van der Waals surface area contributed by atoms with E-state index >= 15 is 0 Å². The van der Waals surface area contributed by atoms with Crippen LogP contribution in [0.3, 0.4) is 0 Å². The smallest absolute Gasteiger partial charge is 0.160 e. The van der Waals surface area contributed by atoms with Crippen LogP contribution >= 0.6 is 0 Å². The zero-order valence-corrected chi connectivity index (χ0v) is 36.7. The third-order valence-corrected chi connectivity index (χ3v) is 10.3. The van der Waals surface area contributed by atoms with Crippen LogP contribution in [0, 0.1) is 60.7 Å². The molecule has 3 aliphatic heterocycles. The number of hydrogen-bond donors (Lipinski definition) is 6. The Balaban J connectivity index is -0.000000663. The molecule has 0 aromatic carbocycles. The van der Waals surface area contributed by atoms with E-state index in [1.54, 1.807) is 42.7 Å². The van der Waals surface area contributed by atoms with Gasteiger partial charge in [-0.25, -0.2) is 0 Å². The van der Waals surface area contributed by atoms with Crippen molar-refractivity contribution in [2.75, 3.05) is 102 Å². The summed E-state index contributed by atoms with van der Waals surface area (Å²) < 4.78 is 48.0. The van der Waals surface area contributed by atoms with E-state index in [1.807, 2.05) is 34.6 Å². The third-order valence-electron chi connectivity index (χ3n) is 10.3. The van der Waals surface area contributed by atoms with Gasteiger partial charge in [0.1, 0.15) is 0 Å². The van der Waals surface area contributed by atoms with Gasteiger partial charge in [0.05, 0.1) is 38.1 Å². The SMILES string of the molecule is CC.COCC1OC(OC)C(C)C(CO)C1CO.COCC1OC(OC)C(C)C(CO)C1CO.COCC1OC(OC)C(C)C(CO)C1CO.[CH3-].[W]. The third kappa shape index (κ3) is 15.9. The minimum atomic E-state index is -0.347. The van der Waals surface area contributed by atoms with Crippen molar-refractivity contribution in [3.8, 4) is 0 Å². The second kappa shape index (κ2) is 32.2. The predicted molar refractivity (Wildman–Crippen MR) is 191 cm³/mol. The maximum atomic E-state index is 9.40. The summed E-state index contributed by atoms with van der Waals surface area (Å²) in [5.41, 5.74) is 0. The molecule has 3 rings (SSSR count). The first kappa shape index (κ1) is 56.4. The molecule has 0 aromatic heterocycles. The van der Waals surface area contributed by atoms with E-state index in [1.165, 1.54) is 0 Å². The van der Waals surface area contributed by atoms with E-state index < -0.39 is 0 Å². The van der Waals surface area contributed by atoms with Crippen LogP contribution in [-0.2, 0) is 63.7 Å². The van der Waals surface area contributed by atoms with Gasteiger partial charge in [-0.05, 0) is 17.8 Å². The fourth-order valence-electron chi connectivity index (χ4n) is 7.25. The summed E-state index contributed by atoms with van der Waals surface area (Å²) >= 11 is 0. The number of methoxy groups -OCH3 is 6. The van der Waals surface area contributed by atoms with Gasteiger partial charge in [0.2, 0.25) is 0 Å². The van der Waals surface area contributed by atoms with E-state index in [2.05, 4.69) is 0 Å². The van der Waals surface area contributed by atoms with Gasteiger partial charge < -0.3 is 80.7 Å². The van der Waals surface area contributed by atoms with Gasteiger partial charge in [-0.3, -0.25) is 0 Å². The first-order valence-electron chi connectivity index (χ1n) is 17.7. The normalized spacial score (nSPS) is 37.0. The molecule has 0 spiro atoms. The van der Waals surface area contributed by atoms with Gasteiger partial charge in [0.15, 0.2) is 18.9 Å². The molecule has 15 nitrogen and oxygen atoms in total. The molecule has 3 aliphatic rings. The predicted octanol–water partition coefficient (Wildman–Crippen LogP) is 1.05. The topological polar surface area (TPSA) is 204 Å². The fraction of sp³-hybridized carbons (Fsp3) is 0.972. The number of ether oxygens (including phenoxy) is 9. The second-order valence-electron chi connectivity index (χ2n) is 12.9. The van der Waals surface area contributed by atoms with Gasteiger partial charge in [0, 0.05) is 139 Å². The molecule has 6 N–H and O–H groups in total. The molecule has 16 heteroatoms. The molecule has 52 heavy (non-hydrogen) atoms. The molecule has 3 saturated heterocycles. The van der Waals surface area contributed by atoms with Crippen LogP contribution in [0.15, 0.2) is 0 Å². The molecule has 0 saturated carbocycles. The molecule has 0 bridgehead atoms. The average Bonchev–Trinajstić information content (AvgIpc) is 3.14. The van der Waals surface area contributed by atoms with E-state index in [-0.39, 0.29) is 159 Å². The van der Waals surface area contributed by atoms with Crippen LogP contribution in [0.4, 0.5) is 0 Å². The standard InChI is InChI=1S/3C11H22O5.C2H6.CH3.W/c3*1-7-8(4-12)9(5-13)10(6-14-2)16-11(7)15-3;1-2;;/h3*7-13H,4-6H2,1-3H3;1-2H3;1H3;/q;;;;-1;. The maximum absolute atomic E-state index is 9.40. The molecule has 3 heterocycles. The summed E-state index contributed by atoms with van der Waals surface area (Å²) in [6, 6.07) is 0. The average molecular weight is 932 g/mol. The Morgan fingerprint density at radius 2 is 0.596 bits per heavy atom. The van der Waals surface area contributed by atoms with Crippen LogP contribution in [0.25, 0.3) is 0 Å². The second-order valence-corrected chi connectivity index (χ2v) is 12.9. The summed E-state index contributed by atoms with van der Waals surface area (Å²) in [6.45, 7) is 11.1. The number of aliphatic hydroxyl groups excluding tert-OH is 6. The summed E-state index contributed by atoms with van der Waals surface area (Å²) in [4.78, 5) is 0. The van der Waals surface area contributed by atoms with Crippen molar-refractivity contribution in [1.29, 1.82) is 0 Å². The van der Waals surface area contributed by atoms with Crippen molar-refractivity contribution in [3.63, 3.8) is 0 Å². The zero-order chi connectivity index (χ0) is 38.4. The zero-order valence-electron chi connectivity index (χ0n) is 33.8. The van der Waals surface area contributed by atoms with Crippen LogP contribution in [-0.4, -0.2) is 170 Å². The van der Waals surface area contributed by atoms with Gasteiger partial charge in [-0.2, -0.15) is 0 Å². The van der Waals surface area contributed by atoms with E-state index in [4.69, 9.17) is 42.6 Å². The summed E-state index contributed by atoms with van der Waals surface area (Å²) in [7, 11) is 9.51. The monoisotopic (exact) mass is 931 g/mol.